The fourth-order valence-electron chi connectivity index (χ4n) is 3.98. The van der Waals surface area contributed by atoms with Gasteiger partial charge in [0.05, 0.1) is 5.56 Å². The first-order valence-electron chi connectivity index (χ1n) is 9.48. The lowest BCUT2D eigenvalue weighted by Crippen LogP contribution is -2.29. The summed E-state index contributed by atoms with van der Waals surface area (Å²) in [6.45, 7) is 17.1. The highest BCUT2D eigenvalue weighted by Crippen LogP contribution is 2.38. The molecule has 0 atom stereocenters. The highest BCUT2D eigenvalue weighted by molar-refractivity contribution is 5.93. The summed E-state index contributed by atoms with van der Waals surface area (Å²) in [5.74, 6) is 0.356. The van der Waals surface area contributed by atoms with Crippen molar-refractivity contribution in [2.24, 2.45) is 11.3 Å². The predicted octanol–water partition coefficient (Wildman–Crippen LogP) is 5.92. The maximum Gasteiger partial charge on any atom is 0.373 e. The Labute approximate surface area is 153 Å². The van der Waals surface area contributed by atoms with Crippen LogP contribution >= 0.6 is 0 Å². The molecule has 0 N–H and O–H groups in total. The van der Waals surface area contributed by atoms with Gasteiger partial charge in [-0.25, -0.2) is 4.79 Å². The van der Waals surface area contributed by atoms with Crippen molar-refractivity contribution in [1.29, 1.82) is 0 Å². The highest BCUT2D eigenvalue weighted by atomic mass is 17.2. The lowest BCUT2D eigenvalue weighted by Gasteiger charge is -2.36. The smallest absolute Gasteiger partial charge is 0.293 e. The molecule has 1 saturated carbocycles. The Morgan fingerprint density at radius 1 is 0.800 bits per heavy atom. The number of rotatable bonds is 3. The van der Waals surface area contributed by atoms with Gasteiger partial charge in [0.2, 0.25) is 0 Å². The van der Waals surface area contributed by atoms with E-state index in [0.29, 0.717) is 11.0 Å². The van der Waals surface area contributed by atoms with Crippen LogP contribution < -0.4 is 0 Å². The van der Waals surface area contributed by atoms with Crippen LogP contribution in [0.4, 0.5) is 0 Å². The van der Waals surface area contributed by atoms with Crippen molar-refractivity contribution in [2.45, 2.75) is 87.2 Å². The van der Waals surface area contributed by atoms with Crippen LogP contribution in [0.2, 0.25) is 0 Å². The molecule has 0 aromatic heterocycles. The standard InChI is InChI=1S/C22H34O3/c1-13-14(2)16(4)20(17(5)15(13)3)21(23)25-24-19-11-9-18(10-12-19)22(6,7)8/h18-19H,9-12H2,1-8H3. The molecule has 1 aromatic rings. The monoisotopic (exact) mass is 346 g/mol. The van der Waals surface area contributed by atoms with Gasteiger partial charge in [0.15, 0.2) is 0 Å². The highest BCUT2D eigenvalue weighted by Gasteiger charge is 2.31. The molecular weight excluding hydrogens is 312 g/mol. The Morgan fingerprint density at radius 3 is 1.68 bits per heavy atom. The van der Waals surface area contributed by atoms with Gasteiger partial charge in [-0.05, 0) is 99.5 Å². The number of carbonyl (C=O) groups excluding carboxylic acids is 1. The molecule has 25 heavy (non-hydrogen) atoms. The van der Waals surface area contributed by atoms with Gasteiger partial charge in [-0.15, -0.1) is 0 Å². The third-order valence-electron chi connectivity index (χ3n) is 6.36. The van der Waals surface area contributed by atoms with E-state index in [4.69, 9.17) is 9.78 Å². The van der Waals surface area contributed by atoms with Gasteiger partial charge >= 0.3 is 5.97 Å². The van der Waals surface area contributed by atoms with Crippen LogP contribution in [-0.4, -0.2) is 12.1 Å². The van der Waals surface area contributed by atoms with Gasteiger partial charge in [0.25, 0.3) is 0 Å². The summed E-state index contributed by atoms with van der Waals surface area (Å²) in [4.78, 5) is 23.4. The van der Waals surface area contributed by atoms with Crippen molar-refractivity contribution in [3.8, 4) is 0 Å². The largest absolute Gasteiger partial charge is 0.373 e. The molecule has 0 amide bonds. The second-order valence-electron chi connectivity index (χ2n) is 8.81. The minimum absolute atomic E-state index is 0.0239. The molecule has 0 radical (unpaired) electrons. The molecule has 0 spiro atoms. The maximum atomic E-state index is 12.6. The summed E-state index contributed by atoms with van der Waals surface area (Å²) in [5, 5.41) is 0. The van der Waals surface area contributed by atoms with E-state index in [1.54, 1.807) is 0 Å². The number of hydrogen-bond acceptors (Lipinski definition) is 3. The normalized spacial score (nSPS) is 21.3. The molecule has 0 heterocycles. The van der Waals surface area contributed by atoms with Gasteiger partial charge in [0.1, 0.15) is 6.10 Å². The predicted molar refractivity (Wildman–Crippen MR) is 102 cm³/mol. The molecule has 2 rings (SSSR count). The van der Waals surface area contributed by atoms with Crippen LogP contribution in [0.5, 0.6) is 0 Å². The SMILES string of the molecule is Cc1c(C)c(C)c(C(=O)OOC2CCC(C(C)(C)C)CC2)c(C)c1C. The second-order valence-corrected chi connectivity index (χ2v) is 8.81. The second kappa shape index (κ2) is 7.49. The van der Waals surface area contributed by atoms with Gasteiger partial charge in [-0.2, -0.15) is 4.89 Å². The number of hydrogen-bond donors (Lipinski definition) is 0. The van der Waals surface area contributed by atoms with E-state index in [9.17, 15) is 4.79 Å². The van der Waals surface area contributed by atoms with E-state index < -0.39 is 0 Å². The molecule has 1 aromatic carbocycles. The topological polar surface area (TPSA) is 35.5 Å². The first-order chi connectivity index (χ1) is 11.5. The molecule has 0 unspecified atom stereocenters. The third-order valence-corrected chi connectivity index (χ3v) is 6.36. The molecule has 140 valence electrons. The van der Waals surface area contributed by atoms with E-state index in [-0.39, 0.29) is 12.1 Å². The molecule has 0 aliphatic heterocycles. The molecule has 0 saturated heterocycles. The zero-order valence-corrected chi connectivity index (χ0v) is 17.2. The van der Waals surface area contributed by atoms with Crippen molar-refractivity contribution >= 4 is 5.97 Å². The summed E-state index contributed by atoms with van der Waals surface area (Å²) in [6.07, 6.45) is 4.20. The Balaban J connectivity index is 2.01. The van der Waals surface area contributed by atoms with Crippen molar-refractivity contribution in [2.75, 3.05) is 0 Å². The average molecular weight is 347 g/mol. The van der Waals surface area contributed by atoms with Crippen LogP contribution in [0, 0.1) is 46.0 Å². The van der Waals surface area contributed by atoms with E-state index >= 15 is 0 Å². The van der Waals surface area contributed by atoms with E-state index in [1.807, 2.05) is 13.8 Å². The molecule has 3 heteroatoms. The zero-order chi connectivity index (χ0) is 18.9. The first-order valence-corrected chi connectivity index (χ1v) is 9.48. The van der Waals surface area contributed by atoms with Crippen LogP contribution in [-0.2, 0) is 9.78 Å². The van der Waals surface area contributed by atoms with Crippen LogP contribution in [0.3, 0.4) is 0 Å². The van der Waals surface area contributed by atoms with Crippen LogP contribution in [0.15, 0.2) is 0 Å². The first kappa shape index (κ1) is 20.0. The fourth-order valence-corrected chi connectivity index (χ4v) is 3.98. The molecule has 3 nitrogen and oxygen atoms in total. The Hall–Kier alpha value is -1.35. The fraction of sp³-hybridized carbons (Fsp3) is 0.682. The van der Waals surface area contributed by atoms with Gasteiger partial charge in [-0.3, -0.25) is 4.89 Å². The third kappa shape index (κ3) is 4.25. The molecule has 1 aliphatic rings. The van der Waals surface area contributed by atoms with E-state index in [2.05, 4.69) is 41.5 Å². The van der Waals surface area contributed by atoms with E-state index in [1.165, 1.54) is 5.56 Å². The van der Waals surface area contributed by atoms with Crippen LogP contribution in [0.25, 0.3) is 0 Å². The van der Waals surface area contributed by atoms with Crippen LogP contribution in [0.1, 0.15) is 84.6 Å². The Bertz CT molecular complexity index is 615. The zero-order valence-electron chi connectivity index (χ0n) is 17.2. The van der Waals surface area contributed by atoms with Gasteiger partial charge < -0.3 is 0 Å². The van der Waals surface area contributed by atoms with Gasteiger partial charge in [0, 0.05) is 0 Å². The summed E-state index contributed by atoms with van der Waals surface area (Å²) < 4.78 is 0. The van der Waals surface area contributed by atoms with Gasteiger partial charge in [-0.1, -0.05) is 20.8 Å². The molecule has 0 bridgehead atoms. The van der Waals surface area contributed by atoms with E-state index in [0.717, 1.165) is 53.9 Å². The average Bonchev–Trinajstić information content (AvgIpc) is 2.56. The Morgan fingerprint density at radius 2 is 1.24 bits per heavy atom. The van der Waals surface area contributed by atoms with Crippen molar-refractivity contribution < 1.29 is 14.6 Å². The summed E-state index contributed by atoms with van der Waals surface area (Å²) in [6, 6.07) is 0. The van der Waals surface area contributed by atoms with Crippen molar-refractivity contribution in [1.82, 2.24) is 0 Å². The molecule has 1 fully saturated rings. The summed E-state index contributed by atoms with van der Waals surface area (Å²) in [7, 11) is 0. The maximum absolute atomic E-state index is 12.6. The lowest BCUT2D eigenvalue weighted by molar-refractivity contribution is -0.281. The minimum atomic E-state index is -0.362. The quantitative estimate of drug-likeness (QED) is 0.503. The number of carbonyl (C=O) groups is 1. The molecule has 1 aliphatic carbocycles. The summed E-state index contributed by atoms with van der Waals surface area (Å²) in [5.41, 5.74) is 6.53. The minimum Gasteiger partial charge on any atom is -0.293 e. The Kier molecular flexibility index (Phi) is 5.98. The van der Waals surface area contributed by atoms with Crippen molar-refractivity contribution in [3.05, 3.63) is 33.4 Å². The van der Waals surface area contributed by atoms with Crippen molar-refractivity contribution in [3.63, 3.8) is 0 Å². The number of benzene rings is 1. The molecular formula is C22H34O3. The lowest BCUT2D eigenvalue weighted by atomic mass is 9.72. The summed E-state index contributed by atoms with van der Waals surface area (Å²) >= 11 is 0.